The Labute approximate surface area is 169 Å². The molecule has 2 aromatic rings. The number of hydrogen-bond acceptors (Lipinski definition) is 4. The van der Waals surface area contributed by atoms with Crippen molar-refractivity contribution in [1.82, 2.24) is 4.90 Å². The van der Waals surface area contributed by atoms with Gasteiger partial charge in [0.2, 0.25) is 12.7 Å². The summed E-state index contributed by atoms with van der Waals surface area (Å²) in [6, 6.07) is 4.44. The molecule has 29 heavy (non-hydrogen) atoms. The monoisotopic (exact) mass is 428 g/mol. The van der Waals surface area contributed by atoms with Gasteiger partial charge in [0.15, 0.2) is 29.0 Å². The van der Waals surface area contributed by atoms with Crippen LogP contribution >= 0.6 is 11.6 Å². The van der Waals surface area contributed by atoms with Crippen molar-refractivity contribution in [2.75, 3.05) is 25.2 Å². The van der Waals surface area contributed by atoms with E-state index in [0.717, 1.165) is 6.07 Å². The van der Waals surface area contributed by atoms with Crippen LogP contribution < -0.4 is 14.8 Å². The predicted molar refractivity (Wildman–Crippen MR) is 98.7 cm³/mol. The topological polar surface area (TPSA) is 67.9 Å². The summed E-state index contributed by atoms with van der Waals surface area (Å²) in [6.07, 6.45) is 0.539. The minimum atomic E-state index is -1.70. The van der Waals surface area contributed by atoms with Crippen LogP contribution in [0.3, 0.4) is 0 Å². The van der Waals surface area contributed by atoms with Crippen LogP contribution in [0.2, 0.25) is 5.02 Å². The molecule has 0 saturated heterocycles. The molecule has 1 aliphatic rings. The molecule has 2 amide bonds. The lowest BCUT2D eigenvalue weighted by Gasteiger charge is -2.22. The third-order valence-electron chi connectivity index (χ3n) is 4.10. The Morgan fingerprint density at radius 3 is 2.66 bits per heavy atom. The highest BCUT2D eigenvalue weighted by atomic mass is 35.5. The largest absolute Gasteiger partial charge is 0.454 e. The number of carbonyl (C=O) groups excluding carboxylic acids is 2. The Kier molecular flexibility index (Phi) is 6.17. The number of anilines is 1. The Morgan fingerprint density at radius 2 is 1.93 bits per heavy atom. The minimum Gasteiger partial charge on any atom is -0.454 e. The first-order chi connectivity index (χ1) is 13.8. The van der Waals surface area contributed by atoms with Gasteiger partial charge in [0.1, 0.15) is 6.54 Å². The van der Waals surface area contributed by atoms with Crippen molar-refractivity contribution in [3.63, 3.8) is 0 Å². The van der Waals surface area contributed by atoms with E-state index in [-0.39, 0.29) is 23.9 Å². The molecule has 1 N–H and O–H groups in total. The smallest absolute Gasteiger partial charge is 0.254 e. The number of ether oxygens (including phenoxy) is 2. The van der Waals surface area contributed by atoms with Crippen LogP contribution in [-0.4, -0.2) is 36.6 Å². The van der Waals surface area contributed by atoms with Gasteiger partial charge in [-0.25, -0.2) is 13.2 Å². The highest BCUT2D eigenvalue weighted by molar-refractivity contribution is 6.32. The first kappa shape index (κ1) is 20.8. The lowest BCUT2D eigenvalue weighted by molar-refractivity contribution is -0.116. The molecule has 1 heterocycles. The predicted octanol–water partition coefficient (Wildman–Crippen LogP) is 3.98. The van der Waals surface area contributed by atoms with E-state index in [4.69, 9.17) is 21.1 Å². The number of fused-ring (bicyclic) bond motifs is 1. The number of hydrogen-bond donors (Lipinski definition) is 1. The molecule has 3 rings (SSSR count). The van der Waals surface area contributed by atoms with E-state index in [0.29, 0.717) is 24.0 Å². The van der Waals surface area contributed by atoms with Crippen molar-refractivity contribution in [3.8, 4) is 11.5 Å². The summed E-state index contributed by atoms with van der Waals surface area (Å²) >= 11 is 6.10. The van der Waals surface area contributed by atoms with Crippen molar-refractivity contribution in [2.24, 2.45) is 0 Å². The van der Waals surface area contributed by atoms with Gasteiger partial charge >= 0.3 is 0 Å². The van der Waals surface area contributed by atoms with Gasteiger partial charge in [-0.05, 0) is 30.7 Å². The van der Waals surface area contributed by atoms with Gasteiger partial charge < -0.3 is 19.7 Å². The molecule has 0 unspecified atom stereocenters. The van der Waals surface area contributed by atoms with Gasteiger partial charge in [-0.3, -0.25) is 9.59 Å². The minimum absolute atomic E-state index is 0.0203. The summed E-state index contributed by atoms with van der Waals surface area (Å²) in [4.78, 5) is 26.3. The zero-order valence-electron chi connectivity index (χ0n) is 15.2. The number of nitrogens with zero attached hydrogens (tertiary/aromatic N) is 1. The lowest BCUT2D eigenvalue weighted by atomic mass is 10.1. The maximum Gasteiger partial charge on any atom is 0.254 e. The first-order valence-electron chi connectivity index (χ1n) is 8.63. The quantitative estimate of drug-likeness (QED) is 0.707. The fourth-order valence-electron chi connectivity index (χ4n) is 2.78. The molecule has 0 aliphatic carbocycles. The zero-order valence-corrected chi connectivity index (χ0v) is 16.0. The molecule has 0 radical (unpaired) electrons. The second kappa shape index (κ2) is 8.60. The van der Waals surface area contributed by atoms with Crippen LogP contribution in [0.1, 0.15) is 23.7 Å². The Balaban J connectivity index is 1.76. The number of benzene rings is 2. The van der Waals surface area contributed by atoms with Crippen LogP contribution in [0, 0.1) is 17.5 Å². The summed E-state index contributed by atoms with van der Waals surface area (Å²) in [6.45, 7) is 1.57. The molecule has 0 atom stereocenters. The van der Waals surface area contributed by atoms with Crippen LogP contribution in [0.4, 0.5) is 18.9 Å². The van der Waals surface area contributed by atoms with E-state index >= 15 is 0 Å². The van der Waals surface area contributed by atoms with Gasteiger partial charge in [-0.2, -0.15) is 0 Å². The van der Waals surface area contributed by atoms with Crippen molar-refractivity contribution in [1.29, 1.82) is 0 Å². The molecule has 0 bridgehead atoms. The van der Waals surface area contributed by atoms with E-state index in [9.17, 15) is 22.8 Å². The van der Waals surface area contributed by atoms with Crippen LogP contribution in [0.25, 0.3) is 0 Å². The number of rotatable bonds is 6. The van der Waals surface area contributed by atoms with Crippen molar-refractivity contribution < 1.29 is 32.2 Å². The maximum atomic E-state index is 13.8. The number of halogens is 4. The van der Waals surface area contributed by atoms with Crippen molar-refractivity contribution in [3.05, 3.63) is 52.3 Å². The van der Waals surface area contributed by atoms with E-state index in [2.05, 4.69) is 5.32 Å². The Hall–Kier alpha value is -2.94. The fraction of sp³-hybridized carbons (Fsp3) is 0.263. The number of amides is 2. The Morgan fingerprint density at radius 1 is 1.17 bits per heavy atom. The van der Waals surface area contributed by atoms with Gasteiger partial charge in [0.25, 0.3) is 5.91 Å². The van der Waals surface area contributed by atoms with E-state index in [1.165, 1.54) is 17.0 Å². The first-order valence-corrected chi connectivity index (χ1v) is 9.01. The third-order valence-corrected chi connectivity index (χ3v) is 4.38. The molecular weight excluding hydrogens is 413 g/mol. The van der Waals surface area contributed by atoms with Gasteiger partial charge in [-0.15, -0.1) is 0 Å². The SMILES string of the molecule is CCCN(CC(=O)Nc1ccc(F)c(F)c1F)C(=O)c1cc(Cl)c2c(c1)OCO2. The van der Waals surface area contributed by atoms with Gasteiger partial charge in [0, 0.05) is 12.1 Å². The number of carbonyl (C=O) groups is 2. The van der Waals surface area contributed by atoms with E-state index in [1.54, 1.807) is 6.92 Å². The molecule has 0 spiro atoms. The Bertz CT molecular complexity index is 971. The van der Waals surface area contributed by atoms with Crippen LogP contribution in [-0.2, 0) is 4.79 Å². The van der Waals surface area contributed by atoms with Crippen LogP contribution in [0.5, 0.6) is 11.5 Å². The maximum absolute atomic E-state index is 13.8. The highest BCUT2D eigenvalue weighted by Gasteiger charge is 2.25. The van der Waals surface area contributed by atoms with Gasteiger partial charge in [0.05, 0.1) is 10.7 Å². The van der Waals surface area contributed by atoms with E-state index < -0.39 is 41.5 Å². The molecule has 10 heteroatoms. The zero-order chi connectivity index (χ0) is 21.1. The second-order valence-electron chi connectivity index (χ2n) is 6.19. The normalized spacial score (nSPS) is 12.0. The van der Waals surface area contributed by atoms with Crippen molar-refractivity contribution in [2.45, 2.75) is 13.3 Å². The average Bonchev–Trinajstić information content (AvgIpc) is 3.17. The molecule has 2 aromatic carbocycles. The van der Waals surface area contributed by atoms with Crippen molar-refractivity contribution >= 4 is 29.1 Å². The summed E-state index contributed by atoms with van der Waals surface area (Å²) in [5.74, 6) is -5.23. The third kappa shape index (κ3) is 4.40. The molecule has 0 fully saturated rings. The van der Waals surface area contributed by atoms with E-state index in [1.807, 2.05) is 0 Å². The molecule has 6 nitrogen and oxygen atoms in total. The summed E-state index contributed by atoms with van der Waals surface area (Å²) < 4.78 is 50.5. The standard InChI is InChI=1S/C19H16ClF3N2O4/c1-2-5-25(8-15(26)24-13-4-3-12(21)16(22)17(13)23)19(27)10-6-11(20)18-14(7-10)28-9-29-18/h3-4,6-7H,2,5,8-9H2,1H3,(H,24,26). The molecule has 0 aromatic heterocycles. The average molecular weight is 429 g/mol. The number of nitrogens with one attached hydrogen (secondary N) is 1. The fourth-order valence-corrected chi connectivity index (χ4v) is 3.05. The summed E-state index contributed by atoms with van der Waals surface area (Å²) in [5.41, 5.74) is -0.344. The molecular formula is C19H16ClF3N2O4. The molecule has 154 valence electrons. The summed E-state index contributed by atoms with van der Waals surface area (Å²) in [7, 11) is 0. The van der Waals surface area contributed by atoms with Gasteiger partial charge in [-0.1, -0.05) is 18.5 Å². The van der Waals surface area contributed by atoms with Crippen LogP contribution in [0.15, 0.2) is 24.3 Å². The molecule has 1 aliphatic heterocycles. The highest BCUT2D eigenvalue weighted by Crippen LogP contribution is 2.40. The summed E-state index contributed by atoms with van der Waals surface area (Å²) in [5, 5.41) is 2.33. The second-order valence-corrected chi connectivity index (χ2v) is 6.60. The lowest BCUT2D eigenvalue weighted by Crippen LogP contribution is -2.38. The molecule has 0 saturated carbocycles.